The van der Waals surface area contributed by atoms with Gasteiger partial charge in [0.15, 0.2) is 0 Å². The van der Waals surface area contributed by atoms with Crippen molar-refractivity contribution in [3.8, 4) is 17.9 Å². The number of hydrogen-bond donors (Lipinski definition) is 1. The Morgan fingerprint density at radius 3 is 2.74 bits per heavy atom. The van der Waals surface area contributed by atoms with Crippen molar-refractivity contribution in [3.63, 3.8) is 0 Å². The standard InChI is InChI=1S/C14H11N3O2/c1-18-11-4-2-3-9(5-11)13-10(6-15)8-19-14(17)12(13)7-16/h2-5,8,13H,17H2,1H3. The molecule has 0 saturated heterocycles. The number of benzene rings is 1. The van der Waals surface area contributed by atoms with Crippen LogP contribution in [0, 0.1) is 22.7 Å². The molecule has 0 aliphatic carbocycles. The fourth-order valence-corrected chi connectivity index (χ4v) is 1.93. The Balaban J connectivity index is 2.55. The van der Waals surface area contributed by atoms with Crippen LogP contribution in [0.2, 0.25) is 0 Å². The van der Waals surface area contributed by atoms with Crippen molar-refractivity contribution in [1.82, 2.24) is 0 Å². The minimum atomic E-state index is -0.515. The van der Waals surface area contributed by atoms with Gasteiger partial charge in [0, 0.05) is 0 Å². The van der Waals surface area contributed by atoms with Crippen LogP contribution in [0.4, 0.5) is 0 Å². The first-order valence-electron chi connectivity index (χ1n) is 5.51. The number of nitriles is 2. The highest BCUT2D eigenvalue weighted by Gasteiger charge is 2.29. The quantitative estimate of drug-likeness (QED) is 0.869. The third-order valence-corrected chi connectivity index (χ3v) is 2.85. The van der Waals surface area contributed by atoms with Gasteiger partial charge in [0.25, 0.3) is 0 Å². The Morgan fingerprint density at radius 1 is 1.32 bits per heavy atom. The van der Waals surface area contributed by atoms with Crippen LogP contribution in [0.1, 0.15) is 11.5 Å². The van der Waals surface area contributed by atoms with Crippen molar-refractivity contribution in [2.24, 2.45) is 5.73 Å². The molecule has 1 aliphatic rings. The summed E-state index contributed by atoms with van der Waals surface area (Å²) in [7, 11) is 1.56. The van der Waals surface area contributed by atoms with Crippen LogP contribution in [-0.2, 0) is 4.74 Å². The number of rotatable bonds is 2. The molecule has 1 atom stereocenters. The highest BCUT2D eigenvalue weighted by molar-refractivity contribution is 5.52. The van der Waals surface area contributed by atoms with Crippen LogP contribution in [0.3, 0.4) is 0 Å². The average Bonchev–Trinajstić information content (AvgIpc) is 2.46. The number of nitrogens with zero attached hydrogens (tertiary/aromatic N) is 2. The van der Waals surface area contributed by atoms with E-state index in [-0.39, 0.29) is 11.5 Å². The summed E-state index contributed by atoms with van der Waals surface area (Å²) >= 11 is 0. The third kappa shape index (κ3) is 2.22. The fourth-order valence-electron chi connectivity index (χ4n) is 1.93. The zero-order valence-electron chi connectivity index (χ0n) is 10.3. The van der Waals surface area contributed by atoms with Crippen molar-refractivity contribution < 1.29 is 9.47 Å². The van der Waals surface area contributed by atoms with E-state index in [1.807, 2.05) is 18.2 Å². The maximum atomic E-state index is 9.20. The Bertz CT molecular complexity index is 647. The number of allylic oxidation sites excluding steroid dienone is 2. The molecule has 1 heterocycles. The minimum absolute atomic E-state index is 0.0225. The predicted octanol–water partition coefficient (Wildman–Crippen LogP) is 1.91. The molecule has 19 heavy (non-hydrogen) atoms. The molecule has 0 bridgehead atoms. The molecule has 2 N–H and O–H groups in total. The topological polar surface area (TPSA) is 92.1 Å². The number of nitrogens with two attached hydrogens (primary N) is 1. The normalized spacial score (nSPS) is 17.8. The van der Waals surface area contributed by atoms with Crippen molar-refractivity contribution in [1.29, 1.82) is 10.5 Å². The first kappa shape index (κ1) is 12.5. The summed E-state index contributed by atoms with van der Waals surface area (Å²) in [5.74, 6) is 0.158. The Morgan fingerprint density at radius 2 is 2.11 bits per heavy atom. The molecule has 0 aromatic heterocycles. The molecule has 0 spiro atoms. The molecule has 1 unspecified atom stereocenters. The van der Waals surface area contributed by atoms with E-state index in [2.05, 4.69) is 0 Å². The lowest BCUT2D eigenvalue weighted by atomic mass is 9.85. The highest BCUT2D eigenvalue weighted by Crippen LogP contribution is 2.36. The third-order valence-electron chi connectivity index (χ3n) is 2.85. The molecule has 5 heteroatoms. The molecule has 1 aromatic rings. The van der Waals surface area contributed by atoms with Crippen molar-refractivity contribution >= 4 is 0 Å². The van der Waals surface area contributed by atoms with E-state index < -0.39 is 5.92 Å². The van der Waals surface area contributed by atoms with Gasteiger partial charge in [0.2, 0.25) is 5.88 Å². The fraction of sp³-hybridized carbons (Fsp3) is 0.143. The van der Waals surface area contributed by atoms with E-state index in [0.717, 1.165) is 5.56 Å². The number of hydrogen-bond acceptors (Lipinski definition) is 5. The molecule has 0 saturated carbocycles. The minimum Gasteiger partial charge on any atom is -0.497 e. The first-order chi connectivity index (χ1) is 9.21. The maximum Gasteiger partial charge on any atom is 0.204 e. The molecular formula is C14H11N3O2. The second kappa shape index (κ2) is 5.16. The van der Waals surface area contributed by atoms with E-state index in [9.17, 15) is 5.26 Å². The Labute approximate surface area is 110 Å². The summed E-state index contributed by atoms with van der Waals surface area (Å²) < 4.78 is 10.2. The van der Waals surface area contributed by atoms with E-state index in [4.69, 9.17) is 20.5 Å². The van der Waals surface area contributed by atoms with Gasteiger partial charge in [0.1, 0.15) is 23.7 Å². The van der Waals surface area contributed by atoms with E-state index in [1.165, 1.54) is 6.26 Å². The molecular weight excluding hydrogens is 242 g/mol. The van der Waals surface area contributed by atoms with Crippen LogP contribution >= 0.6 is 0 Å². The van der Waals surface area contributed by atoms with E-state index in [1.54, 1.807) is 25.3 Å². The summed E-state index contributed by atoms with van der Waals surface area (Å²) in [4.78, 5) is 0. The van der Waals surface area contributed by atoms with Gasteiger partial charge in [-0.15, -0.1) is 0 Å². The SMILES string of the molecule is COc1cccc(C2C(C#N)=COC(N)=C2C#N)c1. The Kier molecular flexibility index (Phi) is 3.40. The molecule has 5 nitrogen and oxygen atoms in total. The summed E-state index contributed by atoms with van der Waals surface area (Å²) in [6, 6.07) is 11.2. The molecule has 1 aromatic carbocycles. The molecule has 0 fully saturated rings. The maximum absolute atomic E-state index is 9.20. The van der Waals surface area contributed by atoms with Gasteiger partial charge in [-0.1, -0.05) is 12.1 Å². The van der Waals surface area contributed by atoms with Gasteiger partial charge in [-0.3, -0.25) is 0 Å². The van der Waals surface area contributed by atoms with Gasteiger partial charge < -0.3 is 15.2 Å². The lowest BCUT2D eigenvalue weighted by Crippen LogP contribution is -2.16. The summed E-state index contributed by atoms with van der Waals surface area (Å²) in [5, 5.41) is 18.3. The molecule has 94 valence electrons. The molecule has 0 amide bonds. The van der Waals surface area contributed by atoms with Gasteiger partial charge >= 0.3 is 0 Å². The first-order valence-corrected chi connectivity index (χ1v) is 5.51. The van der Waals surface area contributed by atoms with E-state index in [0.29, 0.717) is 11.3 Å². The van der Waals surface area contributed by atoms with E-state index >= 15 is 0 Å². The lowest BCUT2D eigenvalue weighted by Gasteiger charge is -2.21. The predicted molar refractivity (Wildman–Crippen MR) is 67.3 cm³/mol. The number of ether oxygens (including phenoxy) is 2. The smallest absolute Gasteiger partial charge is 0.204 e. The Hall–Kier alpha value is -2.92. The largest absolute Gasteiger partial charge is 0.497 e. The van der Waals surface area contributed by atoms with Crippen LogP contribution in [0.15, 0.2) is 47.6 Å². The van der Waals surface area contributed by atoms with Gasteiger partial charge in [0.05, 0.1) is 24.7 Å². The van der Waals surface area contributed by atoms with Crippen LogP contribution in [0.25, 0.3) is 0 Å². The van der Waals surface area contributed by atoms with Gasteiger partial charge in [-0.05, 0) is 17.7 Å². The lowest BCUT2D eigenvalue weighted by molar-refractivity contribution is 0.326. The second-order valence-electron chi connectivity index (χ2n) is 3.90. The summed E-state index contributed by atoms with van der Waals surface area (Å²) in [5.41, 5.74) is 6.97. The molecule has 0 radical (unpaired) electrons. The van der Waals surface area contributed by atoms with Crippen LogP contribution in [-0.4, -0.2) is 7.11 Å². The second-order valence-corrected chi connectivity index (χ2v) is 3.90. The zero-order chi connectivity index (χ0) is 13.8. The highest BCUT2D eigenvalue weighted by atomic mass is 16.5. The van der Waals surface area contributed by atoms with Crippen molar-refractivity contribution in [3.05, 3.63) is 53.1 Å². The van der Waals surface area contributed by atoms with Crippen LogP contribution in [0.5, 0.6) is 5.75 Å². The molecule has 2 rings (SSSR count). The average molecular weight is 253 g/mol. The van der Waals surface area contributed by atoms with Crippen molar-refractivity contribution in [2.75, 3.05) is 7.11 Å². The molecule has 1 aliphatic heterocycles. The monoisotopic (exact) mass is 253 g/mol. The summed E-state index contributed by atoms with van der Waals surface area (Å²) in [6.45, 7) is 0. The zero-order valence-corrected chi connectivity index (χ0v) is 10.3. The van der Waals surface area contributed by atoms with Gasteiger partial charge in [-0.25, -0.2) is 0 Å². The number of methoxy groups -OCH3 is 1. The summed E-state index contributed by atoms with van der Waals surface area (Å²) in [6.07, 6.45) is 1.28. The van der Waals surface area contributed by atoms with Crippen molar-refractivity contribution in [2.45, 2.75) is 5.92 Å². The van der Waals surface area contributed by atoms with Gasteiger partial charge in [-0.2, -0.15) is 10.5 Å². The van der Waals surface area contributed by atoms with Crippen LogP contribution < -0.4 is 10.5 Å².